The number of carboxylic acids is 1. The average molecular weight is 335 g/mol. The summed E-state index contributed by atoms with van der Waals surface area (Å²) in [5.41, 5.74) is 1.31. The van der Waals surface area contributed by atoms with Crippen molar-refractivity contribution in [2.75, 3.05) is 5.32 Å². The maximum Gasteiger partial charge on any atom is 0.344 e. The molecule has 2 rings (SSSR count). The van der Waals surface area contributed by atoms with Crippen LogP contribution in [-0.4, -0.2) is 32.9 Å². The Morgan fingerprint density at radius 2 is 2.12 bits per heavy atom. The van der Waals surface area contributed by atoms with Crippen LogP contribution in [0.5, 0.6) is 5.75 Å². The number of aromatic nitrogens is 2. The first-order valence-corrected chi connectivity index (χ1v) is 7.36. The third-order valence-electron chi connectivity index (χ3n) is 3.28. The lowest BCUT2D eigenvalue weighted by Gasteiger charge is -2.12. The van der Waals surface area contributed by atoms with Gasteiger partial charge in [-0.25, -0.2) is 9.18 Å². The summed E-state index contributed by atoms with van der Waals surface area (Å²) in [7, 11) is 0. The molecule has 128 valence electrons. The fourth-order valence-corrected chi connectivity index (χ4v) is 2.08. The molecule has 2 N–H and O–H groups in total. The summed E-state index contributed by atoms with van der Waals surface area (Å²) in [6.45, 7) is 5.47. The Morgan fingerprint density at radius 3 is 2.71 bits per heavy atom. The number of hydrogen-bond acceptors (Lipinski definition) is 4. The number of ether oxygens (including phenoxy) is 1. The number of benzene rings is 1. The maximum absolute atomic E-state index is 14.0. The fourth-order valence-electron chi connectivity index (χ4n) is 2.08. The zero-order valence-corrected chi connectivity index (χ0v) is 13.5. The lowest BCUT2D eigenvalue weighted by Crippen LogP contribution is -2.23. The van der Waals surface area contributed by atoms with Crippen molar-refractivity contribution in [3.63, 3.8) is 0 Å². The van der Waals surface area contributed by atoms with Crippen molar-refractivity contribution in [2.24, 2.45) is 0 Å². The largest absolute Gasteiger partial charge is 0.479 e. The Kier molecular flexibility index (Phi) is 5.18. The number of aliphatic carboxylic acids is 1. The van der Waals surface area contributed by atoms with Crippen LogP contribution < -0.4 is 10.1 Å². The molecule has 0 spiro atoms. The highest BCUT2D eigenvalue weighted by molar-refractivity contribution is 6.03. The zero-order valence-electron chi connectivity index (χ0n) is 13.5. The standard InChI is InChI=1S/C16H18FN3O4/c1-4-20-13(7-9(2)19-20)15(21)18-11-5-6-14(12(17)8-11)24-10(3)16(22)23/h5-8,10H,4H2,1-3H3,(H,18,21)(H,22,23). The van der Waals surface area contributed by atoms with Crippen LogP contribution >= 0.6 is 0 Å². The molecule has 1 atom stereocenters. The summed E-state index contributed by atoms with van der Waals surface area (Å²) in [6.07, 6.45) is -1.18. The molecule has 7 nitrogen and oxygen atoms in total. The second-order valence-electron chi connectivity index (χ2n) is 5.18. The van der Waals surface area contributed by atoms with Crippen LogP contribution in [0, 0.1) is 12.7 Å². The van der Waals surface area contributed by atoms with Gasteiger partial charge in [-0.2, -0.15) is 5.10 Å². The second-order valence-corrected chi connectivity index (χ2v) is 5.18. The minimum absolute atomic E-state index is 0.197. The van der Waals surface area contributed by atoms with E-state index in [0.29, 0.717) is 17.9 Å². The third-order valence-corrected chi connectivity index (χ3v) is 3.28. The molecule has 2 aromatic rings. The smallest absolute Gasteiger partial charge is 0.344 e. The van der Waals surface area contributed by atoms with Crippen LogP contribution in [0.3, 0.4) is 0 Å². The number of anilines is 1. The van der Waals surface area contributed by atoms with Gasteiger partial charge < -0.3 is 15.2 Å². The molecule has 1 heterocycles. The van der Waals surface area contributed by atoms with Gasteiger partial charge in [-0.15, -0.1) is 0 Å². The topological polar surface area (TPSA) is 93.5 Å². The normalized spacial score (nSPS) is 11.8. The first-order valence-electron chi connectivity index (χ1n) is 7.36. The Morgan fingerprint density at radius 1 is 1.42 bits per heavy atom. The van der Waals surface area contributed by atoms with Gasteiger partial charge in [0.05, 0.1) is 5.69 Å². The summed E-state index contributed by atoms with van der Waals surface area (Å²) >= 11 is 0. The Balaban J connectivity index is 2.14. The molecule has 0 aliphatic carbocycles. The minimum Gasteiger partial charge on any atom is -0.479 e. The highest BCUT2D eigenvalue weighted by Gasteiger charge is 2.17. The first-order chi connectivity index (χ1) is 11.3. The number of aryl methyl sites for hydroxylation is 2. The SMILES string of the molecule is CCn1nc(C)cc1C(=O)Nc1ccc(OC(C)C(=O)O)c(F)c1. The van der Waals surface area contributed by atoms with E-state index < -0.39 is 23.8 Å². The predicted molar refractivity (Wildman–Crippen MR) is 84.7 cm³/mol. The van der Waals surface area contributed by atoms with Crippen molar-refractivity contribution in [1.29, 1.82) is 0 Å². The van der Waals surface area contributed by atoms with Crippen LogP contribution in [0.4, 0.5) is 10.1 Å². The van der Waals surface area contributed by atoms with Gasteiger partial charge in [0.2, 0.25) is 0 Å². The quantitative estimate of drug-likeness (QED) is 0.846. The second kappa shape index (κ2) is 7.12. The molecule has 0 aliphatic rings. The van der Waals surface area contributed by atoms with Gasteiger partial charge in [0.25, 0.3) is 5.91 Å². The van der Waals surface area contributed by atoms with E-state index in [9.17, 15) is 14.0 Å². The summed E-state index contributed by atoms with van der Waals surface area (Å²) in [5, 5.41) is 15.5. The zero-order chi connectivity index (χ0) is 17.9. The van der Waals surface area contributed by atoms with Gasteiger partial charge in [0.15, 0.2) is 17.7 Å². The molecule has 0 fully saturated rings. The van der Waals surface area contributed by atoms with E-state index in [1.54, 1.807) is 17.7 Å². The summed E-state index contributed by atoms with van der Waals surface area (Å²) < 4.78 is 20.5. The van der Waals surface area contributed by atoms with Crippen LogP contribution in [0.2, 0.25) is 0 Å². The monoisotopic (exact) mass is 335 g/mol. The van der Waals surface area contributed by atoms with Gasteiger partial charge in [-0.3, -0.25) is 9.48 Å². The van der Waals surface area contributed by atoms with Crippen molar-refractivity contribution in [1.82, 2.24) is 9.78 Å². The van der Waals surface area contributed by atoms with Crippen LogP contribution in [0.1, 0.15) is 30.0 Å². The van der Waals surface area contributed by atoms with Crippen molar-refractivity contribution in [2.45, 2.75) is 33.4 Å². The molecule has 0 aliphatic heterocycles. The van der Waals surface area contributed by atoms with Gasteiger partial charge in [0.1, 0.15) is 5.69 Å². The molecule has 0 saturated heterocycles. The molecule has 1 unspecified atom stereocenters. The van der Waals surface area contributed by atoms with Crippen LogP contribution in [-0.2, 0) is 11.3 Å². The number of rotatable bonds is 6. The van der Waals surface area contributed by atoms with E-state index >= 15 is 0 Å². The Labute approximate surface area is 138 Å². The lowest BCUT2D eigenvalue weighted by atomic mass is 10.2. The maximum atomic E-state index is 14.0. The Hall–Kier alpha value is -2.90. The van der Waals surface area contributed by atoms with Crippen molar-refractivity contribution >= 4 is 17.6 Å². The fraction of sp³-hybridized carbons (Fsp3) is 0.312. The summed E-state index contributed by atoms with van der Waals surface area (Å²) in [5.74, 6) is -2.57. The number of amides is 1. The van der Waals surface area contributed by atoms with E-state index in [-0.39, 0.29) is 11.4 Å². The molecule has 1 aromatic carbocycles. The van der Waals surface area contributed by atoms with Crippen molar-refractivity contribution in [3.05, 3.63) is 41.5 Å². The minimum atomic E-state index is -1.20. The van der Waals surface area contributed by atoms with E-state index in [2.05, 4.69) is 10.4 Å². The summed E-state index contributed by atoms with van der Waals surface area (Å²) in [6, 6.07) is 5.42. The Bertz CT molecular complexity index is 773. The molecule has 1 amide bonds. The highest BCUT2D eigenvalue weighted by atomic mass is 19.1. The number of carboxylic acid groups (broad SMARTS) is 1. The highest BCUT2D eigenvalue weighted by Crippen LogP contribution is 2.23. The molecule has 0 radical (unpaired) electrons. The molecule has 1 aromatic heterocycles. The molecule has 8 heteroatoms. The third kappa shape index (κ3) is 3.89. The average Bonchev–Trinajstić information content (AvgIpc) is 2.91. The number of hydrogen-bond donors (Lipinski definition) is 2. The molecule has 0 bridgehead atoms. The van der Waals surface area contributed by atoms with E-state index in [1.807, 2.05) is 6.92 Å². The molecule has 24 heavy (non-hydrogen) atoms. The molecular weight excluding hydrogens is 317 g/mol. The van der Waals surface area contributed by atoms with Gasteiger partial charge >= 0.3 is 5.97 Å². The van der Waals surface area contributed by atoms with Crippen molar-refractivity contribution in [3.8, 4) is 5.75 Å². The van der Waals surface area contributed by atoms with Crippen molar-refractivity contribution < 1.29 is 23.8 Å². The van der Waals surface area contributed by atoms with Gasteiger partial charge in [0, 0.05) is 18.3 Å². The predicted octanol–water partition coefficient (Wildman–Crippen LogP) is 2.45. The van der Waals surface area contributed by atoms with Crippen LogP contribution in [0.15, 0.2) is 24.3 Å². The molecular formula is C16H18FN3O4. The number of nitrogens with zero attached hydrogens (tertiary/aromatic N) is 2. The number of halogens is 1. The van der Waals surface area contributed by atoms with Gasteiger partial charge in [-0.05, 0) is 39.0 Å². The van der Waals surface area contributed by atoms with Crippen LogP contribution in [0.25, 0.3) is 0 Å². The first kappa shape index (κ1) is 17.5. The molecule has 0 saturated carbocycles. The number of nitrogens with one attached hydrogen (secondary N) is 1. The van der Waals surface area contributed by atoms with E-state index in [4.69, 9.17) is 9.84 Å². The van der Waals surface area contributed by atoms with Gasteiger partial charge in [-0.1, -0.05) is 0 Å². The van der Waals surface area contributed by atoms with E-state index in [1.165, 1.54) is 19.1 Å². The summed E-state index contributed by atoms with van der Waals surface area (Å²) in [4.78, 5) is 23.0. The lowest BCUT2D eigenvalue weighted by molar-refractivity contribution is -0.144. The number of carbonyl (C=O) groups is 2. The number of carbonyl (C=O) groups excluding carboxylic acids is 1. The van der Waals surface area contributed by atoms with E-state index in [0.717, 1.165) is 6.07 Å².